The van der Waals surface area contributed by atoms with E-state index < -0.39 is 0 Å². The molecule has 0 N–H and O–H groups in total. The number of pyridine rings is 1. The zero-order chi connectivity index (χ0) is 22.9. The summed E-state index contributed by atoms with van der Waals surface area (Å²) in [6.45, 7) is 1.95. The zero-order valence-electron chi connectivity index (χ0n) is 17.7. The fraction of sp³-hybridized carbons (Fsp3) is 0.130. The summed E-state index contributed by atoms with van der Waals surface area (Å²) in [6.07, 6.45) is 1.80. The Balaban J connectivity index is 1.55. The van der Waals surface area contributed by atoms with Crippen LogP contribution in [-0.4, -0.2) is 31.3 Å². The highest BCUT2D eigenvalue weighted by Crippen LogP contribution is 2.36. The van der Waals surface area contributed by atoms with Crippen LogP contribution in [0.25, 0.3) is 22.0 Å². The van der Waals surface area contributed by atoms with Crippen molar-refractivity contribution in [1.82, 2.24) is 24.1 Å². The Kier molecular flexibility index (Phi) is 6.05. The Hall–Kier alpha value is -2.95. The normalized spacial score (nSPS) is 11.2. The van der Waals surface area contributed by atoms with Crippen molar-refractivity contribution in [3.63, 3.8) is 0 Å². The number of methoxy groups -OCH3 is 1. The second-order valence-corrected chi connectivity index (χ2v) is 10.6. The van der Waals surface area contributed by atoms with Gasteiger partial charge in [0.1, 0.15) is 11.4 Å². The van der Waals surface area contributed by atoms with E-state index in [1.165, 1.54) is 11.8 Å². The lowest BCUT2D eigenvalue weighted by atomic mass is 10.3. The molecule has 5 rings (SSSR count). The van der Waals surface area contributed by atoms with E-state index in [2.05, 4.69) is 31.1 Å². The Labute approximate surface area is 206 Å². The molecule has 166 valence electrons. The van der Waals surface area contributed by atoms with Crippen LogP contribution in [0.5, 0.6) is 5.75 Å². The number of para-hydroxylation sites is 2. The van der Waals surface area contributed by atoms with Gasteiger partial charge in [0.05, 0.1) is 27.2 Å². The number of hydrogen-bond donors (Lipinski definition) is 0. The first kappa shape index (κ1) is 21.9. The van der Waals surface area contributed by atoms with Gasteiger partial charge in [0, 0.05) is 18.0 Å². The maximum absolute atomic E-state index is 12.6. The molecule has 4 aromatic heterocycles. The summed E-state index contributed by atoms with van der Waals surface area (Å²) in [4.78, 5) is 18.2. The number of thiophene rings is 1. The summed E-state index contributed by atoms with van der Waals surface area (Å²) in [7, 11) is 1.64. The zero-order valence-corrected chi connectivity index (χ0v) is 20.9. The van der Waals surface area contributed by atoms with Crippen molar-refractivity contribution < 1.29 is 4.74 Å². The summed E-state index contributed by atoms with van der Waals surface area (Å²) >= 11 is 6.58. The third kappa shape index (κ3) is 4.33. The molecule has 0 aliphatic carbocycles. The standard InChI is InChI=1S/C23H18BrN5O2S2/c1-14-7-10-20-25-15(11-21(30)28(20)12-14)13-32-23-27-26-22(18-8-9-19(24)33-18)29(23)16-5-3-4-6-17(16)31-2/h3-12H,13H2,1-2H3. The predicted molar refractivity (Wildman–Crippen MR) is 135 cm³/mol. The molecule has 4 heterocycles. The molecule has 0 aliphatic rings. The van der Waals surface area contributed by atoms with Crippen molar-refractivity contribution in [2.24, 2.45) is 0 Å². The number of benzene rings is 1. The fourth-order valence-corrected chi connectivity index (χ4v) is 5.66. The van der Waals surface area contributed by atoms with Crippen LogP contribution in [0.15, 0.2) is 74.5 Å². The van der Waals surface area contributed by atoms with Crippen molar-refractivity contribution in [3.05, 3.63) is 86.2 Å². The van der Waals surface area contributed by atoms with Crippen molar-refractivity contribution in [2.45, 2.75) is 17.8 Å². The maximum atomic E-state index is 12.6. The minimum absolute atomic E-state index is 0.102. The highest BCUT2D eigenvalue weighted by Gasteiger charge is 2.20. The van der Waals surface area contributed by atoms with Gasteiger partial charge < -0.3 is 4.74 Å². The third-order valence-electron chi connectivity index (χ3n) is 4.96. The number of rotatable bonds is 6. The maximum Gasteiger partial charge on any atom is 0.258 e. The molecule has 0 spiro atoms. The second-order valence-electron chi connectivity index (χ2n) is 7.23. The molecule has 1 aromatic carbocycles. The average Bonchev–Trinajstić information content (AvgIpc) is 3.44. The van der Waals surface area contributed by atoms with Gasteiger partial charge in [-0.05, 0) is 58.7 Å². The molecular weight excluding hydrogens is 522 g/mol. The van der Waals surface area contributed by atoms with Gasteiger partial charge in [-0.2, -0.15) is 0 Å². The van der Waals surface area contributed by atoms with Crippen molar-refractivity contribution >= 4 is 44.7 Å². The summed E-state index contributed by atoms with van der Waals surface area (Å²) in [5, 5.41) is 9.63. The molecule has 0 bridgehead atoms. The van der Waals surface area contributed by atoms with Crippen molar-refractivity contribution in [3.8, 4) is 22.1 Å². The van der Waals surface area contributed by atoms with Gasteiger partial charge >= 0.3 is 0 Å². The number of ether oxygens (including phenoxy) is 1. The molecule has 7 nitrogen and oxygen atoms in total. The van der Waals surface area contributed by atoms with Crippen LogP contribution < -0.4 is 10.3 Å². The van der Waals surface area contributed by atoms with Crippen LogP contribution in [0.1, 0.15) is 11.3 Å². The van der Waals surface area contributed by atoms with Gasteiger partial charge in [0.15, 0.2) is 11.0 Å². The molecular formula is C23H18BrN5O2S2. The van der Waals surface area contributed by atoms with E-state index in [9.17, 15) is 4.79 Å². The summed E-state index contributed by atoms with van der Waals surface area (Å²) in [6, 6.07) is 17.1. The summed E-state index contributed by atoms with van der Waals surface area (Å²) in [5.74, 6) is 1.91. The van der Waals surface area contributed by atoms with Gasteiger partial charge in [0.25, 0.3) is 5.56 Å². The third-order valence-corrected chi connectivity index (χ3v) is 7.54. The Bertz CT molecular complexity index is 1530. The lowest BCUT2D eigenvalue weighted by molar-refractivity contribution is 0.412. The molecule has 0 saturated heterocycles. The van der Waals surface area contributed by atoms with Gasteiger partial charge in [-0.1, -0.05) is 30.0 Å². The first-order valence-electron chi connectivity index (χ1n) is 10.00. The quantitative estimate of drug-likeness (QED) is 0.270. The number of aryl methyl sites for hydroxylation is 1. The molecule has 0 aliphatic heterocycles. The molecule has 0 radical (unpaired) electrons. The highest BCUT2D eigenvalue weighted by molar-refractivity contribution is 9.11. The van der Waals surface area contributed by atoms with Crippen LogP contribution in [-0.2, 0) is 5.75 Å². The lowest BCUT2D eigenvalue weighted by Crippen LogP contribution is -2.15. The molecule has 0 atom stereocenters. The van der Waals surface area contributed by atoms with E-state index in [0.717, 1.165) is 25.7 Å². The first-order chi connectivity index (χ1) is 16.0. The fourth-order valence-electron chi connectivity index (χ4n) is 3.46. The second kappa shape index (κ2) is 9.12. The molecule has 0 saturated carbocycles. The molecule has 5 aromatic rings. The Morgan fingerprint density at radius 2 is 1.97 bits per heavy atom. The number of aromatic nitrogens is 5. The molecule has 0 unspecified atom stereocenters. The predicted octanol–water partition coefficient (Wildman–Crippen LogP) is 5.38. The van der Waals surface area contributed by atoms with Crippen LogP contribution in [0, 0.1) is 6.92 Å². The van der Waals surface area contributed by atoms with Crippen molar-refractivity contribution in [2.75, 3.05) is 7.11 Å². The van der Waals surface area contributed by atoms with E-state index in [4.69, 9.17) is 4.74 Å². The molecule has 0 fully saturated rings. The highest BCUT2D eigenvalue weighted by atomic mass is 79.9. The van der Waals surface area contributed by atoms with E-state index in [1.54, 1.807) is 35.1 Å². The number of thioether (sulfide) groups is 1. The minimum atomic E-state index is -0.102. The van der Waals surface area contributed by atoms with E-state index in [-0.39, 0.29) is 5.56 Å². The Morgan fingerprint density at radius 1 is 1.12 bits per heavy atom. The largest absolute Gasteiger partial charge is 0.495 e. The number of nitrogens with zero attached hydrogens (tertiary/aromatic N) is 5. The average molecular weight is 540 g/mol. The summed E-state index contributed by atoms with van der Waals surface area (Å²) in [5.41, 5.74) is 3.05. The monoisotopic (exact) mass is 539 g/mol. The lowest BCUT2D eigenvalue weighted by Gasteiger charge is -2.13. The number of hydrogen-bond acceptors (Lipinski definition) is 7. The molecule has 10 heteroatoms. The van der Waals surface area contributed by atoms with E-state index in [1.807, 2.05) is 60.0 Å². The smallest absolute Gasteiger partial charge is 0.258 e. The van der Waals surface area contributed by atoms with Crippen LogP contribution in [0.4, 0.5) is 0 Å². The van der Waals surface area contributed by atoms with E-state index in [0.29, 0.717) is 28.0 Å². The van der Waals surface area contributed by atoms with E-state index >= 15 is 0 Å². The van der Waals surface area contributed by atoms with Crippen LogP contribution in [0.3, 0.4) is 0 Å². The van der Waals surface area contributed by atoms with Gasteiger partial charge in [-0.3, -0.25) is 13.8 Å². The SMILES string of the molecule is COc1ccccc1-n1c(SCc2cc(=O)n3cc(C)ccc3n2)nnc1-c1ccc(Br)s1. The summed E-state index contributed by atoms with van der Waals surface area (Å²) < 4.78 is 10.2. The first-order valence-corrected chi connectivity index (χ1v) is 12.6. The molecule has 0 amide bonds. The van der Waals surface area contributed by atoms with Gasteiger partial charge in [-0.25, -0.2) is 4.98 Å². The van der Waals surface area contributed by atoms with Gasteiger partial charge in [-0.15, -0.1) is 21.5 Å². The number of halogens is 1. The van der Waals surface area contributed by atoms with Crippen LogP contribution in [0.2, 0.25) is 0 Å². The van der Waals surface area contributed by atoms with Crippen molar-refractivity contribution in [1.29, 1.82) is 0 Å². The minimum Gasteiger partial charge on any atom is -0.495 e. The topological polar surface area (TPSA) is 74.3 Å². The molecule has 33 heavy (non-hydrogen) atoms. The van der Waals surface area contributed by atoms with Crippen LogP contribution >= 0.6 is 39.0 Å². The number of fused-ring (bicyclic) bond motifs is 1. The Morgan fingerprint density at radius 3 is 2.76 bits per heavy atom. The van der Waals surface area contributed by atoms with Gasteiger partial charge in [0.2, 0.25) is 0 Å².